The molecule has 0 aromatic carbocycles. The average molecular weight is 303 g/mol. The van der Waals surface area contributed by atoms with Crippen molar-refractivity contribution < 1.29 is 5.11 Å². The van der Waals surface area contributed by atoms with Gasteiger partial charge >= 0.3 is 0 Å². The molecule has 2 N–H and O–H groups in total. The first kappa shape index (κ1) is 13.0. The summed E-state index contributed by atoms with van der Waals surface area (Å²) >= 11 is 1.77. The van der Waals surface area contributed by atoms with Crippen molar-refractivity contribution in [3.63, 3.8) is 0 Å². The fraction of sp³-hybridized carbons (Fsp3) is 0.500. The zero-order valence-electron chi connectivity index (χ0n) is 11.8. The number of aliphatic hydroxyl groups excluding tert-OH is 1. The van der Waals surface area contributed by atoms with Gasteiger partial charge in [0.2, 0.25) is 5.95 Å². The molecule has 1 aliphatic rings. The van der Waals surface area contributed by atoms with Crippen LogP contribution in [0, 0.1) is 5.92 Å². The monoisotopic (exact) mass is 303 g/mol. The van der Waals surface area contributed by atoms with Crippen LogP contribution in [-0.4, -0.2) is 37.8 Å². The summed E-state index contributed by atoms with van der Waals surface area (Å²) in [4.78, 5) is 11.6. The van der Waals surface area contributed by atoms with Crippen LogP contribution in [-0.2, 0) is 12.8 Å². The standard InChI is InChI=1S/C14H17N5OS/c1-8-2-3-10-9(6-8)11-12-16-7-17-19(12)14(15-4-5-20)18-13(11)21-10/h7-8,20H,2-6H2,1H3,(H,15,18). The Bertz CT molecular complexity index is 809. The van der Waals surface area contributed by atoms with E-state index in [1.165, 1.54) is 16.9 Å². The highest BCUT2D eigenvalue weighted by molar-refractivity contribution is 7.19. The maximum absolute atomic E-state index is 8.99. The molecular formula is C14H17N5OS. The fourth-order valence-corrected chi connectivity index (χ4v) is 4.26. The molecule has 0 saturated carbocycles. The lowest BCUT2D eigenvalue weighted by Gasteiger charge is -2.17. The lowest BCUT2D eigenvalue weighted by molar-refractivity contribution is 0.310. The molecule has 3 heterocycles. The summed E-state index contributed by atoms with van der Waals surface area (Å²) in [6.07, 6.45) is 5.05. The van der Waals surface area contributed by atoms with Gasteiger partial charge in [-0.05, 0) is 30.7 Å². The largest absolute Gasteiger partial charge is 0.395 e. The van der Waals surface area contributed by atoms with E-state index in [4.69, 9.17) is 10.1 Å². The highest BCUT2D eigenvalue weighted by Gasteiger charge is 2.24. The van der Waals surface area contributed by atoms with E-state index < -0.39 is 0 Å². The Labute approximate surface area is 125 Å². The molecule has 3 aromatic rings. The van der Waals surface area contributed by atoms with Crippen molar-refractivity contribution in [3.05, 3.63) is 16.8 Å². The van der Waals surface area contributed by atoms with Crippen LogP contribution in [0.25, 0.3) is 15.9 Å². The molecule has 0 fully saturated rings. The number of nitrogens with zero attached hydrogens (tertiary/aromatic N) is 4. The topological polar surface area (TPSA) is 75.3 Å². The van der Waals surface area contributed by atoms with Crippen LogP contribution in [0.15, 0.2) is 6.33 Å². The Morgan fingerprint density at radius 2 is 2.43 bits per heavy atom. The highest BCUT2D eigenvalue weighted by atomic mass is 32.1. The van der Waals surface area contributed by atoms with Crippen LogP contribution in [0.5, 0.6) is 0 Å². The molecule has 110 valence electrons. The molecular weight excluding hydrogens is 286 g/mol. The smallest absolute Gasteiger partial charge is 0.227 e. The highest BCUT2D eigenvalue weighted by Crippen LogP contribution is 2.39. The molecule has 0 aliphatic heterocycles. The van der Waals surface area contributed by atoms with Gasteiger partial charge in [0.15, 0.2) is 5.65 Å². The predicted octanol–water partition coefficient (Wildman–Crippen LogP) is 1.87. The number of thiophene rings is 1. The second-order valence-electron chi connectivity index (χ2n) is 5.61. The van der Waals surface area contributed by atoms with Crippen molar-refractivity contribution in [2.24, 2.45) is 5.92 Å². The van der Waals surface area contributed by atoms with Gasteiger partial charge in [0.05, 0.1) is 12.0 Å². The van der Waals surface area contributed by atoms with Crippen molar-refractivity contribution in [2.45, 2.75) is 26.2 Å². The van der Waals surface area contributed by atoms with Crippen LogP contribution in [0.2, 0.25) is 0 Å². The summed E-state index contributed by atoms with van der Waals surface area (Å²) in [6.45, 7) is 2.82. The minimum Gasteiger partial charge on any atom is -0.395 e. The van der Waals surface area contributed by atoms with Gasteiger partial charge in [-0.3, -0.25) is 0 Å². The number of anilines is 1. The maximum atomic E-state index is 8.99. The lowest BCUT2D eigenvalue weighted by atomic mass is 9.89. The van der Waals surface area contributed by atoms with Gasteiger partial charge in [0, 0.05) is 11.4 Å². The first-order valence-electron chi connectivity index (χ1n) is 7.26. The molecule has 0 saturated heterocycles. The van der Waals surface area contributed by atoms with Crippen molar-refractivity contribution in [2.75, 3.05) is 18.5 Å². The zero-order valence-corrected chi connectivity index (χ0v) is 12.7. The summed E-state index contributed by atoms with van der Waals surface area (Å²) < 4.78 is 1.74. The van der Waals surface area contributed by atoms with Gasteiger partial charge in [-0.25, -0.2) is 9.97 Å². The first-order chi connectivity index (χ1) is 10.3. The van der Waals surface area contributed by atoms with Crippen LogP contribution < -0.4 is 5.32 Å². The second-order valence-corrected chi connectivity index (χ2v) is 6.70. The Hall–Kier alpha value is -1.73. The van der Waals surface area contributed by atoms with E-state index in [0.717, 1.165) is 28.7 Å². The third kappa shape index (κ3) is 1.99. The van der Waals surface area contributed by atoms with E-state index in [1.807, 2.05) is 0 Å². The van der Waals surface area contributed by atoms with Gasteiger partial charge in [-0.15, -0.1) is 11.3 Å². The maximum Gasteiger partial charge on any atom is 0.227 e. The number of hydrogen-bond acceptors (Lipinski definition) is 6. The molecule has 0 spiro atoms. The quantitative estimate of drug-likeness (QED) is 0.772. The molecule has 4 rings (SSSR count). The Morgan fingerprint density at radius 1 is 1.52 bits per heavy atom. The van der Waals surface area contributed by atoms with Gasteiger partial charge in [0.1, 0.15) is 11.2 Å². The molecule has 3 aromatic heterocycles. The Balaban J connectivity index is 1.97. The van der Waals surface area contributed by atoms with E-state index in [-0.39, 0.29) is 6.61 Å². The van der Waals surface area contributed by atoms with E-state index in [0.29, 0.717) is 18.4 Å². The fourth-order valence-electron chi connectivity index (χ4n) is 3.05. The van der Waals surface area contributed by atoms with Crippen LogP contribution in [0.1, 0.15) is 23.8 Å². The van der Waals surface area contributed by atoms with Crippen LogP contribution >= 0.6 is 11.3 Å². The van der Waals surface area contributed by atoms with Crippen molar-refractivity contribution in [1.82, 2.24) is 19.6 Å². The predicted molar refractivity (Wildman–Crippen MR) is 82.9 cm³/mol. The summed E-state index contributed by atoms with van der Waals surface area (Å²) in [7, 11) is 0. The van der Waals surface area contributed by atoms with E-state index >= 15 is 0 Å². The molecule has 0 amide bonds. The summed E-state index contributed by atoms with van der Waals surface area (Å²) in [5.74, 6) is 1.36. The number of aromatic nitrogens is 4. The van der Waals surface area contributed by atoms with Crippen molar-refractivity contribution in [1.29, 1.82) is 0 Å². The molecule has 1 unspecified atom stereocenters. The normalized spacial score (nSPS) is 18.3. The third-order valence-electron chi connectivity index (χ3n) is 4.06. The van der Waals surface area contributed by atoms with Crippen LogP contribution in [0.4, 0.5) is 5.95 Å². The Kier molecular flexibility index (Phi) is 3.04. The number of fused-ring (bicyclic) bond motifs is 5. The summed E-state index contributed by atoms with van der Waals surface area (Å²) in [5.41, 5.74) is 2.28. The van der Waals surface area contributed by atoms with E-state index in [9.17, 15) is 0 Å². The summed E-state index contributed by atoms with van der Waals surface area (Å²) in [5, 5.41) is 17.5. The minimum atomic E-state index is 0.0639. The number of aliphatic hydroxyl groups is 1. The SMILES string of the molecule is CC1CCc2sc3nc(NCCO)n4ncnc4c3c2C1. The minimum absolute atomic E-state index is 0.0639. The molecule has 6 nitrogen and oxygen atoms in total. The van der Waals surface area contributed by atoms with Gasteiger partial charge < -0.3 is 10.4 Å². The zero-order chi connectivity index (χ0) is 14.4. The second kappa shape index (κ2) is 4.92. The van der Waals surface area contributed by atoms with E-state index in [2.05, 4.69) is 22.3 Å². The molecule has 7 heteroatoms. The Morgan fingerprint density at radius 3 is 3.29 bits per heavy atom. The number of rotatable bonds is 3. The number of aryl methyl sites for hydroxylation is 1. The number of nitrogens with one attached hydrogen (secondary N) is 1. The molecule has 0 radical (unpaired) electrons. The average Bonchev–Trinajstić information content (AvgIpc) is 3.07. The summed E-state index contributed by atoms with van der Waals surface area (Å²) in [6, 6.07) is 0. The van der Waals surface area contributed by atoms with E-state index in [1.54, 1.807) is 22.2 Å². The lowest BCUT2D eigenvalue weighted by Crippen LogP contribution is -2.12. The van der Waals surface area contributed by atoms with Crippen molar-refractivity contribution in [3.8, 4) is 0 Å². The molecule has 1 aliphatic carbocycles. The molecule has 1 atom stereocenters. The molecule has 0 bridgehead atoms. The van der Waals surface area contributed by atoms with Gasteiger partial charge in [-0.1, -0.05) is 6.92 Å². The van der Waals surface area contributed by atoms with Crippen molar-refractivity contribution >= 4 is 33.1 Å². The van der Waals surface area contributed by atoms with Gasteiger partial charge in [0.25, 0.3) is 0 Å². The molecule has 21 heavy (non-hydrogen) atoms. The number of hydrogen-bond donors (Lipinski definition) is 2. The first-order valence-corrected chi connectivity index (χ1v) is 8.08. The third-order valence-corrected chi connectivity index (χ3v) is 5.25. The van der Waals surface area contributed by atoms with Gasteiger partial charge in [-0.2, -0.15) is 9.61 Å². The van der Waals surface area contributed by atoms with Crippen LogP contribution in [0.3, 0.4) is 0 Å².